The molecule has 1 amide bonds. The fourth-order valence-corrected chi connectivity index (χ4v) is 5.72. The van der Waals surface area contributed by atoms with E-state index in [-0.39, 0.29) is 23.6 Å². The van der Waals surface area contributed by atoms with Crippen molar-refractivity contribution in [3.63, 3.8) is 0 Å². The van der Waals surface area contributed by atoms with Crippen molar-refractivity contribution in [1.82, 2.24) is 20.1 Å². The van der Waals surface area contributed by atoms with Gasteiger partial charge in [-0.05, 0) is 53.1 Å². The van der Waals surface area contributed by atoms with Gasteiger partial charge in [-0.3, -0.25) is 14.5 Å². The maximum Gasteiger partial charge on any atom is 0.257 e. The summed E-state index contributed by atoms with van der Waals surface area (Å²) < 4.78 is 14.0. The van der Waals surface area contributed by atoms with E-state index >= 15 is 0 Å². The van der Waals surface area contributed by atoms with E-state index in [4.69, 9.17) is 32.7 Å². The summed E-state index contributed by atoms with van der Waals surface area (Å²) in [6.45, 7) is 5.72. The van der Waals surface area contributed by atoms with Crippen LogP contribution in [0.1, 0.15) is 27.0 Å². The average molecular weight is 608 g/mol. The van der Waals surface area contributed by atoms with E-state index < -0.39 is 5.91 Å². The summed E-state index contributed by atoms with van der Waals surface area (Å²) in [6.07, 6.45) is 1.47. The minimum atomic E-state index is -0.412. The van der Waals surface area contributed by atoms with Crippen LogP contribution in [0.2, 0.25) is 10.0 Å². The van der Waals surface area contributed by atoms with Gasteiger partial charge in [0.1, 0.15) is 17.4 Å². The molecule has 1 atom stereocenters. The number of halogens is 2. The van der Waals surface area contributed by atoms with Crippen molar-refractivity contribution in [2.45, 2.75) is 32.3 Å². The molecule has 4 aromatic rings. The maximum absolute atomic E-state index is 13.7. The van der Waals surface area contributed by atoms with Crippen molar-refractivity contribution >= 4 is 40.0 Å². The molecule has 0 saturated carbocycles. The number of hydrogen-bond donors (Lipinski definition) is 2. The van der Waals surface area contributed by atoms with Crippen LogP contribution in [0.15, 0.2) is 71.7 Å². The van der Waals surface area contributed by atoms with Crippen LogP contribution in [0.3, 0.4) is 0 Å². The van der Waals surface area contributed by atoms with E-state index in [2.05, 4.69) is 15.5 Å². The number of morpholine rings is 1. The lowest BCUT2D eigenvalue weighted by atomic mass is 10.0. The Bertz CT molecular complexity index is 1630. The molecule has 42 heavy (non-hydrogen) atoms. The molecular weight excluding hydrogens is 575 g/mol. The summed E-state index contributed by atoms with van der Waals surface area (Å²) in [5.41, 5.74) is 3.51. The fourth-order valence-electron chi connectivity index (χ4n) is 5.46. The van der Waals surface area contributed by atoms with Crippen LogP contribution in [-0.2, 0) is 30.9 Å². The Kier molecular flexibility index (Phi) is 8.79. The molecule has 2 aliphatic heterocycles. The number of nitrogens with zero attached hydrogens (tertiary/aromatic N) is 2. The van der Waals surface area contributed by atoms with E-state index in [1.54, 1.807) is 18.3 Å². The number of carbonyl (C=O) groups excluding carboxylic acids is 1. The second-order valence-electron chi connectivity index (χ2n) is 10.7. The van der Waals surface area contributed by atoms with E-state index in [1.807, 2.05) is 53.1 Å². The highest BCUT2D eigenvalue weighted by Gasteiger charge is 2.26. The van der Waals surface area contributed by atoms with Gasteiger partial charge in [0, 0.05) is 55.5 Å². The summed E-state index contributed by atoms with van der Waals surface area (Å²) in [5.74, 6) is 0.246. The first kappa shape index (κ1) is 28.7. The van der Waals surface area contributed by atoms with Crippen LogP contribution in [0, 0.1) is 0 Å². The lowest BCUT2D eigenvalue weighted by molar-refractivity contribution is 0.0341. The number of amides is 1. The van der Waals surface area contributed by atoms with Crippen LogP contribution >= 0.6 is 23.2 Å². The Morgan fingerprint density at radius 3 is 2.26 bits per heavy atom. The quantitative estimate of drug-likeness (QED) is 0.289. The largest absolute Gasteiger partial charge is 0.485 e. The Balaban J connectivity index is 1.27. The molecular formula is C32H32Cl2N4O4. The molecule has 1 fully saturated rings. The van der Waals surface area contributed by atoms with E-state index in [0.717, 1.165) is 29.8 Å². The zero-order valence-electron chi connectivity index (χ0n) is 23.1. The maximum atomic E-state index is 13.7. The molecule has 0 bridgehead atoms. The number of aromatic nitrogens is 1. The van der Waals surface area contributed by atoms with Gasteiger partial charge in [-0.1, -0.05) is 47.5 Å². The predicted octanol–water partition coefficient (Wildman–Crippen LogP) is 4.62. The number of ether oxygens (including phenoxy) is 2. The van der Waals surface area contributed by atoms with Gasteiger partial charge in [0.15, 0.2) is 0 Å². The average Bonchev–Trinajstić information content (AvgIpc) is 2.99. The first-order chi connectivity index (χ1) is 20.4. The molecule has 1 unspecified atom stereocenters. The number of hydrogen-bond acceptors (Lipinski definition) is 6. The molecule has 0 aliphatic carbocycles. The van der Waals surface area contributed by atoms with E-state index in [1.165, 1.54) is 0 Å². The number of pyridine rings is 1. The Morgan fingerprint density at radius 1 is 0.905 bits per heavy atom. The van der Waals surface area contributed by atoms with Crippen molar-refractivity contribution in [1.29, 1.82) is 0 Å². The first-order valence-electron chi connectivity index (χ1n) is 14.1. The molecule has 0 spiro atoms. The lowest BCUT2D eigenvalue weighted by Gasteiger charge is -2.30. The number of nitrogens with one attached hydrogen (secondary N) is 2. The third-order valence-corrected chi connectivity index (χ3v) is 8.13. The van der Waals surface area contributed by atoms with E-state index in [0.29, 0.717) is 66.1 Å². The smallest absolute Gasteiger partial charge is 0.257 e. The summed E-state index contributed by atoms with van der Waals surface area (Å²) in [5, 5.41) is 8.19. The van der Waals surface area contributed by atoms with Crippen LogP contribution < -0.4 is 20.8 Å². The van der Waals surface area contributed by atoms with Crippen molar-refractivity contribution in [2.24, 2.45) is 0 Å². The van der Waals surface area contributed by atoms with Gasteiger partial charge in [0.25, 0.3) is 5.91 Å². The van der Waals surface area contributed by atoms with Crippen molar-refractivity contribution < 1.29 is 14.3 Å². The van der Waals surface area contributed by atoms with Gasteiger partial charge in [-0.15, -0.1) is 0 Å². The minimum Gasteiger partial charge on any atom is -0.485 e. The second-order valence-corrected chi connectivity index (χ2v) is 11.6. The molecule has 218 valence electrons. The number of carbonyl (C=O) groups is 1. The molecule has 6 rings (SSSR count). The third kappa shape index (κ3) is 6.64. The summed E-state index contributed by atoms with van der Waals surface area (Å²) in [4.78, 5) is 29.4. The predicted molar refractivity (Wildman–Crippen MR) is 165 cm³/mol. The molecule has 3 heterocycles. The van der Waals surface area contributed by atoms with Crippen molar-refractivity contribution in [3.8, 4) is 5.75 Å². The molecule has 10 heteroatoms. The molecule has 2 aliphatic rings. The van der Waals surface area contributed by atoms with E-state index in [9.17, 15) is 9.59 Å². The van der Waals surface area contributed by atoms with Crippen LogP contribution in [0.5, 0.6) is 5.75 Å². The SMILES string of the molecule is O=C(NCc1ccc(Cl)cc1)c1cn2c3c(cc(CN4CCOCC4)cc3c1=O)OC(CNCc1ccc(Cl)cc1)C2. The topological polar surface area (TPSA) is 84.8 Å². The van der Waals surface area contributed by atoms with Crippen LogP contribution in [0.4, 0.5) is 0 Å². The molecule has 0 radical (unpaired) electrons. The standard InChI is InChI=1S/C32H32Cl2N4O4/c33-24-5-1-21(2-6-24)15-35-17-26-19-38-20-28(32(40)36-16-22-3-7-25(34)8-4-22)31(39)27-13-23(14-29(42-26)30(27)38)18-37-9-11-41-12-10-37/h1-8,13-14,20,26,35H,9-12,15-19H2,(H,36,40). The zero-order chi connectivity index (χ0) is 29.1. The molecule has 2 N–H and O–H groups in total. The fraction of sp³-hybridized carbons (Fsp3) is 0.312. The van der Waals surface area contributed by atoms with Gasteiger partial charge >= 0.3 is 0 Å². The number of benzene rings is 3. The Hall–Kier alpha value is -3.40. The molecule has 3 aromatic carbocycles. The normalized spacial score (nSPS) is 16.8. The highest BCUT2D eigenvalue weighted by Crippen LogP contribution is 2.32. The third-order valence-electron chi connectivity index (χ3n) is 7.63. The van der Waals surface area contributed by atoms with Gasteiger partial charge in [0.2, 0.25) is 5.43 Å². The Morgan fingerprint density at radius 2 is 1.57 bits per heavy atom. The molecule has 8 nitrogen and oxygen atoms in total. The summed E-state index contributed by atoms with van der Waals surface area (Å²) in [7, 11) is 0. The number of rotatable bonds is 9. The second kappa shape index (κ2) is 12.9. The monoisotopic (exact) mass is 606 g/mol. The summed E-state index contributed by atoms with van der Waals surface area (Å²) >= 11 is 12.0. The van der Waals surface area contributed by atoms with Gasteiger partial charge < -0.3 is 24.7 Å². The summed E-state index contributed by atoms with van der Waals surface area (Å²) in [6, 6.07) is 18.9. The van der Waals surface area contributed by atoms with Gasteiger partial charge in [-0.25, -0.2) is 0 Å². The first-order valence-corrected chi connectivity index (χ1v) is 14.8. The van der Waals surface area contributed by atoms with Gasteiger partial charge in [-0.2, -0.15) is 0 Å². The lowest BCUT2D eigenvalue weighted by Crippen LogP contribution is -2.39. The van der Waals surface area contributed by atoms with Crippen molar-refractivity contribution in [2.75, 3.05) is 32.8 Å². The molecule has 1 saturated heterocycles. The van der Waals surface area contributed by atoms with Gasteiger partial charge in [0.05, 0.1) is 30.7 Å². The minimum absolute atomic E-state index is 0.112. The van der Waals surface area contributed by atoms with Crippen LogP contribution in [-0.4, -0.2) is 54.3 Å². The highest BCUT2D eigenvalue weighted by atomic mass is 35.5. The van der Waals surface area contributed by atoms with Crippen LogP contribution in [0.25, 0.3) is 10.9 Å². The highest BCUT2D eigenvalue weighted by molar-refractivity contribution is 6.30. The zero-order valence-corrected chi connectivity index (χ0v) is 24.6. The molecule has 1 aromatic heterocycles. The Labute approximate surface area is 254 Å². The van der Waals surface area contributed by atoms with Crippen molar-refractivity contribution in [3.05, 3.63) is 109 Å².